The summed E-state index contributed by atoms with van der Waals surface area (Å²) < 4.78 is 38.4. The molecule has 2 rings (SSSR count). The zero-order valence-electron chi connectivity index (χ0n) is 9.15. The first-order chi connectivity index (χ1) is 8.82. The molecule has 0 spiro atoms. The van der Waals surface area contributed by atoms with Crippen LogP contribution < -0.4 is 0 Å². The van der Waals surface area contributed by atoms with Crippen molar-refractivity contribution in [3.63, 3.8) is 0 Å². The third kappa shape index (κ3) is 2.77. The SMILES string of the molecule is N#Cc1cc(C(F)(F)F)[nH]c1-c1ccc(Cl)c(Br)c1. The van der Waals surface area contributed by atoms with Crippen molar-refractivity contribution >= 4 is 27.5 Å². The maximum absolute atomic E-state index is 12.6. The lowest BCUT2D eigenvalue weighted by molar-refractivity contribution is -0.140. The normalized spacial score (nSPS) is 11.4. The Labute approximate surface area is 119 Å². The van der Waals surface area contributed by atoms with Crippen LogP contribution >= 0.6 is 27.5 Å². The third-order valence-electron chi connectivity index (χ3n) is 2.45. The van der Waals surface area contributed by atoms with E-state index in [1.54, 1.807) is 18.2 Å². The van der Waals surface area contributed by atoms with Gasteiger partial charge in [-0.25, -0.2) is 0 Å². The molecular weight excluding hydrogens is 344 g/mol. The van der Waals surface area contributed by atoms with Crippen molar-refractivity contribution in [1.82, 2.24) is 4.98 Å². The number of rotatable bonds is 1. The quantitative estimate of drug-likeness (QED) is 0.774. The van der Waals surface area contributed by atoms with Gasteiger partial charge in [0.1, 0.15) is 11.8 Å². The summed E-state index contributed by atoms with van der Waals surface area (Å²) in [5.74, 6) is 0. The average Bonchev–Trinajstić information content (AvgIpc) is 2.76. The van der Waals surface area contributed by atoms with E-state index < -0.39 is 11.9 Å². The van der Waals surface area contributed by atoms with Gasteiger partial charge in [0.15, 0.2) is 0 Å². The first kappa shape index (κ1) is 14.0. The summed E-state index contributed by atoms with van der Waals surface area (Å²) in [4.78, 5) is 2.22. The van der Waals surface area contributed by atoms with Crippen molar-refractivity contribution < 1.29 is 13.2 Å². The van der Waals surface area contributed by atoms with Crippen LogP contribution in [0.1, 0.15) is 11.3 Å². The highest BCUT2D eigenvalue weighted by molar-refractivity contribution is 9.10. The predicted molar refractivity (Wildman–Crippen MR) is 68.7 cm³/mol. The molecule has 1 heterocycles. The summed E-state index contributed by atoms with van der Waals surface area (Å²) in [7, 11) is 0. The fourth-order valence-corrected chi connectivity index (χ4v) is 2.07. The highest BCUT2D eigenvalue weighted by atomic mass is 79.9. The molecule has 2 aromatic rings. The molecule has 0 bridgehead atoms. The Balaban J connectivity index is 2.59. The van der Waals surface area contributed by atoms with Gasteiger partial charge in [0.25, 0.3) is 0 Å². The van der Waals surface area contributed by atoms with Crippen molar-refractivity contribution in [1.29, 1.82) is 5.26 Å². The highest BCUT2D eigenvalue weighted by Crippen LogP contribution is 2.35. The smallest absolute Gasteiger partial charge is 0.350 e. The third-order valence-corrected chi connectivity index (χ3v) is 3.67. The lowest BCUT2D eigenvalue weighted by atomic mass is 10.1. The number of H-pyrrole nitrogens is 1. The van der Waals surface area contributed by atoms with Crippen LogP contribution in [0.15, 0.2) is 28.7 Å². The van der Waals surface area contributed by atoms with Crippen LogP contribution in [0.3, 0.4) is 0 Å². The molecule has 0 amide bonds. The van der Waals surface area contributed by atoms with Crippen LogP contribution in [0.25, 0.3) is 11.3 Å². The number of aromatic amines is 1. The van der Waals surface area contributed by atoms with Crippen molar-refractivity contribution in [2.75, 3.05) is 0 Å². The number of benzene rings is 1. The van der Waals surface area contributed by atoms with Crippen LogP contribution in [0, 0.1) is 11.3 Å². The van der Waals surface area contributed by atoms with E-state index in [9.17, 15) is 13.2 Å². The van der Waals surface area contributed by atoms with Gasteiger partial charge in [0, 0.05) is 10.0 Å². The Morgan fingerprint density at radius 1 is 1.26 bits per heavy atom. The standard InChI is InChI=1S/C12H5BrClF3N2/c13-8-3-6(1-2-9(8)14)11-7(5-18)4-10(19-11)12(15,16)17/h1-4,19H. The van der Waals surface area contributed by atoms with E-state index >= 15 is 0 Å². The summed E-state index contributed by atoms with van der Waals surface area (Å²) in [5, 5.41) is 9.34. The van der Waals surface area contributed by atoms with Crippen LogP contribution in [-0.4, -0.2) is 4.98 Å². The van der Waals surface area contributed by atoms with Gasteiger partial charge in [-0.2, -0.15) is 18.4 Å². The van der Waals surface area contributed by atoms with Gasteiger partial charge < -0.3 is 4.98 Å². The molecule has 98 valence electrons. The maximum atomic E-state index is 12.6. The molecule has 0 saturated heterocycles. The summed E-state index contributed by atoms with van der Waals surface area (Å²) in [5.41, 5.74) is -0.456. The molecular formula is C12H5BrClF3N2. The Hall–Kier alpha value is -1.45. The fourth-order valence-electron chi connectivity index (χ4n) is 1.57. The van der Waals surface area contributed by atoms with E-state index in [4.69, 9.17) is 16.9 Å². The monoisotopic (exact) mass is 348 g/mol. The van der Waals surface area contributed by atoms with Gasteiger partial charge in [-0.15, -0.1) is 0 Å². The number of nitrogens with one attached hydrogen (secondary N) is 1. The molecule has 0 aliphatic heterocycles. The predicted octanol–water partition coefficient (Wildman–Crippen LogP) is 4.99. The number of hydrogen-bond donors (Lipinski definition) is 1. The van der Waals surface area contributed by atoms with E-state index in [1.807, 2.05) is 0 Å². The van der Waals surface area contributed by atoms with Gasteiger partial charge >= 0.3 is 6.18 Å². The molecule has 19 heavy (non-hydrogen) atoms. The Kier molecular flexibility index (Phi) is 3.61. The number of hydrogen-bond acceptors (Lipinski definition) is 1. The summed E-state index contributed by atoms with van der Waals surface area (Å²) in [6.45, 7) is 0. The number of nitriles is 1. The van der Waals surface area contributed by atoms with Gasteiger partial charge in [0.2, 0.25) is 0 Å². The Morgan fingerprint density at radius 2 is 1.95 bits per heavy atom. The largest absolute Gasteiger partial charge is 0.431 e. The Bertz CT molecular complexity index is 671. The molecule has 0 unspecified atom stereocenters. The summed E-state index contributed by atoms with van der Waals surface area (Å²) in [6, 6.07) is 7.16. The molecule has 0 aliphatic carbocycles. The number of aromatic nitrogens is 1. The van der Waals surface area contributed by atoms with E-state index in [-0.39, 0.29) is 11.3 Å². The topological polar surface area (TPSA) is 39.6 Å². The number of alkyl halides is 3. The molecule has 1 aromatic heterocycles. The lowest BCUT2D eigenvalue weighted by Crippen LogP contribution is -2.04. The van der Waals surface area contributed by atoms with Crippen LogP contribution in [0.2, 0.25) is 5.02 Å². The summed E-state index contributed by atoms with van der Waals surface area (Å²) >= 11 is 9.00. The first-order valence-electron chi connectivity index (χ1n) is 4.98. The van der Waals surface area contributed by atoms with E-state index in [1.165, 1.54) is 6.07 Å². The van der Waals surface area contributed by atoms with Crippen molar-refractivity contribution in [3.05, 3.63) is 45.0 Å². The van der Waals surface area contributed by atoms with Crippen LogP contribution in [-0.2, 0) is 6.18 Å². The van der Waals surface area contributed by atoms with E-state index in [0.29, 0.717) is 15.1 Å². The summed E-state index contributed by atoms with van der Waals surface area (Å²) in [6.07, 6.45) is -4.52. The van der Waals surface area contributed by atoms with Crippen LogP contribution in [0.4, 0.5) is 13.2 Å². The van der Waals surface area contributed by atoms with Crippen molar-refractivity contribution in [3.8, 4) is 17.3 Å². The molecule has 0 saturated carbocycles. The zero-order chi connectivity index (χ0) is 14.2. The molecule has 7 heteroatoms. The lowest BCUT2D eigenvalue weighted by Gasteiger charge is -2.04. The average molecular weight is 350 g/mol. The fraction of sp³-hybridized carbons (Fsp3) is 0.0833. The van der Waals surface area contributed by atoms with Crippen molar-refractivity contribution in [2.45, 2.75) is 6.18 Å². The molecule has 0 atom stereocenters. The maximum Gasteiger partial charge on any atom is 0.431 e. The minimum absolute atomic E-state index is 0.0680. The molecule has 1 N–H and O–H groups in total. The van der Waals surface area contributed by atoms with Gasteiger partial charge in [-0.3, -0.25) is 0 Å². The minimum atomic E-state index is -4.52. The second kappa shape index (κ2) is 4.91. The second-order valence-corrected chi connectivity index (χ2v) is 4.97. The molecule has 0 aliphatic rings. The number of nitrogens with zero attached hydrogens (tertiary/aromatic N) is 1. The second-order valence-electron chi connectivity index (χ2n) is 3.71. The van der Waals surface area contributed by atoms with E-state index in [2.05, 4.69) is 20.9 Å². The molecule has 1 aromatic carbocycles. The Morgan fingerprint density at radius 3 is 2.47 bits per heavy atom. The van der Waals surface area contributed by atoms with Crippen LogP contribution in [0.5, 0.6) is 0 Å². The van der Waals surface area contributed by atoms with Gasteiger partial charge in [-0.1, -0.05) is 17.7 Å². The van der Waals surface area contributed by atoms with Crippen molar-refractivity contribution in [2.24, 2.45) is 0 Å². The van der Waals surface area contributed by atoms with E-state index in [0.717, 1.165) is 6.07 Å². The molecule has 0 radical (unpaired) electrons. The zero-order valence-corrected chi connectivity index (χ0v) is 11.5. The van der Waals surface area contributed by atoms with Gasteiger partial charge in [-0.05, 0) is 34.1 Å². The molecule has 2 nitrogen and oxygen atoms in total. The number of halogens is 5. The van der Waals surface area contributed by atoms with Gasteiger partial charge in [0.05, 0.1) is 16.3 Å². The first-order valence-corrected chi connectivity index (χ1v) is 6.15. The highest BCUT2D eigenvalue weighted by Gasteiger charge is 2.33. The minimum Gasteiger partial charge on any atom is -0.350 e. The molecule has 0 fully saturated rings.